The second-order valence-electron chi connectivity index (χ2n) is 7.52. The fourth-order valence-electron chi connectivity index (χ4n) is 4.52. The number of amides is 1. The average Bonchev–Trinajstić information content (AvgIpc) is 3.39. The van der Waals surface area contributed by atoms with E-state index in [1.54, 1.807) is 10.8 Å². The predicted octanol–water partition coefficient (Wildman–Crippen LogP) is 2.10. The lowest BCUT2D eigenvalue weighted by Gasteiger charge is -2.20. The Morgan fingerprint density at radius 3 is 2.90 bits per heavy atom. The quantitative estimate of drug-likeness (QED) is 0.636. The summed E-state index contributed by atoms with van der Waals surface area (Å²) in [6, 6.07) is 11.5. The topological polar surface area (TPSA) is 123 Å². The van der Waals surface area contributed by atoms with E-state index in [2.05, 4.69) is 10.3 Å². The molecule has 3 N–H and O–H groups in total. The van der Waals surface area contributed by atoms with E-state index in [9.17, 15) is 14.9 Å². The molecule has 0 saturated heterocycles. The van der Waals surface area contributed by atoms with Gasteiger partial charge in [0.1, 0.15) is 11.9 Å². The molecule has 8 nitrogen and oxygen atoms in total. The maximum Gasteiger partial charge on any atom is 0.357 e. The van der Waals surface area contributed by atoms with Crippen LogP contribution in [0.1, 0.15) is 32.7 Å². The van der Waals surface area contributed by atoms with Crippen LogP contribution in [0.15, 0.2) is 42.7 Å². The van der Waals surface area contributed by atoms with Crippen LogP contribution in [0, 0.1) is 11.3 Å². The van der Waals surface area contributed by atoms with Gasteiger partial charge in [0, 0.05) is 23.6 Å². The van der Waals surface area contributed by atoms with Crippen molar-refractivity contribution in [1.29, 1.82) is 5.26 Å². The second kappa shape index (κ2) is 6.19. The molecule has 2 aliphatic rings. The van der Waals surface area contributed by atoms with Crippen molar-refractivity contribution in [2.45, 2.75) is 18.3 Å². The molecule has 0 bridgehead atoms. The van der Waals surface area contributed by atoms with Crippen molar-refractivity contribution in [2.24, 2.45) is 0 Å². The van der Waals surface area contributed by atoms with Crippen molar-refractivity contribution >= 4 is 23.4 Å². The molecule has 30 heavy (non-hydrogen) atoms. The lowest BCUT2D eigenvalue weighted by molar-refractivity contribution is -0.120. The van der Waals surface area contributed by atoms with Gasteiger partial charge in [-0.2, -0.15) is 5.26 Å². The van der Waals surface area contributed by atoms with Crippen LogP contribution in [0.25, 0.3) is 5.69 Å². The fourth-order valence-corrected chi connectivity index (χ4v) is 4.52. The Hall–Kier alpha value is -4.12. The number of nitrogen functional groups attached to an aromatic ring is 1. The zero-order chi connectivity index (χ0) is 21.0. The number of carbonyl (C=O) groups is 2. The van der Waals surface area contributed by atoms with Crippen molar-refractivity contribution < 1.29 is 14.3 Å². The summed E-state index contributed by atoms with van der Waals surface area (Å²) in [7, 11) is 1.27. The normalized spacial score (nSPS) is 18.6. The van der Waals surface area contributed by atoms with E-state index in [4.69, 9.17) is 10.5 Å². The number of hydrogen-bond acceptors (Lipinski definition) is 6. The van der Waals surface area contributed by atoms with Crippen LogP contribution < -0.4 is 11.1 Å². The Morgan fingerprint density at radius 2 is 2.13 bits per heavy atom. The predicted molar refractivity (Wildman–Crippen MR) is 108 cm³/mol. The van der Waals surface area contributed by atoms with Crippen molar-refractivity contribution in [1.82, 2.24) is 9.55 Å². The molecule has 0 saturated carbocycles. The summed E-state index contributed by atoms with van der Waals surface area (Å²) >= 11 is 0. The van der Waals surface area contributed by atoms with Crippen molar-refractivity contribution in [2.75, 3.05) is 18.2 Å². The van der Waals surface area contributed by atoms with Gasteiger partial charge in [0.05, 0.1) is 23.8 Å². The molecular formula is C22H17N5O3. The Balaban J connectivity index is 1.60. The third-order valence-corrected chi connectivity index (χ3v) is 5.99. The van der Waals surface area contributed by atoms with E-state index in [1.807, 2.05) is 36.4 Å². The van der Waals surface area contributed by atoms with Crippen LogP contribution in [0.3, 0.4) is 0 Å². The maximum absolute atomic E-state index is 12.9. The summed E-state index contributed by atoms with van der Waals surface area (Å²) in [6.45, 7) is 0. The van der Waals surface area contributed by atoms with Crippen LogP contribution >= 0.6 is 0 Å². The minimum absolute atomic E-state index is 0.0545. The molecule has 1 amide bonds. The molecule has 1 unspecified atom stereocenters. The Morgan fingerprint density at radius 1 is 1.33 bits per heavy atom. The monoisotopic (exact) mass is 399 g/mol. The van der Waals surface area contributed by atoms with Crippen LogP contribution in [0.4, 0.5) is 11.5 Å². The van der Waals surface area contributed by atoms with Crippen LogP contribution in [-0.2, 0) is 27.8 Å². The van der Waals surface area contributed by atoms with E-state index < -0.39 is 11.4 Å². The number of anilines is 2. The summed E-state index contributed by atoms with van der Waals surface area (Å²) in [4.78, 5) is 29.4. The number of methoxy groups -OCH3 is 1. The largest absolute Gasteiger partial charge is 0.464 e. The zero-order valence-corrected chi connectivity index (χ0v) is 16.1. The first-order chi connectivity index (χ1) is 14.5. The number of rotatable bonds is 2. The number of benzene rings is 1. The highest BCUT2D eigenvalue weighted by Gasteiger charge is 2.51. The molecule has 5 rings (SSSR count). The van der Waals surface area contributed by atoms with E-state index in [0.717, 1.165) is 16.7 Å². The molecule has 2 aromatic heterocycles. The molecule has 0 radical (unpaired) electrons. The lowest BCUT2D eigenvalue weighted by Crippen LogP contribution is -2.35. The molecule has 1 aliphatic heterocycles. The van der Waals surface area contributed by atoms with Crippen molar-refractivity contribution in [3.05, 3.63) is 70.7 Å². The second-order valence-corrected chi connectivity index (χ2v) is 7.52. The number of ether oxygens (including phenoxy) is 1. The first kappa shape index (κ1) is 17.9. The minimum atomic E-state index is -0.677. The number of fused-ring (bicyclic) bond motifs is 3. The minimum Gasteiger partial charge on any atom is -0.464 e. The van der Waals surface area contributed by atoms with E-state index in [-0.39, 0.29) is 22.9 Å². The maximum atomic E-state index is 12.9. The molecule has 1 aromatic carbocycles. The Kier molecular flexibility index (Phi) is 3.70. The standard InChI is InChI=1S/C22H17N5O3/c1-30-20(28)18-17(24)14(10-23)11-27(18)15-5-4-12-8-22(9-13(12)7-15)16-3-2-6-25-19(16)26-21(22)29/h2-7,11H,8-9,24H2,1H3,(H,25,26,29). The number of nitriles is 1. The molecule has 0 fully saturated rings. The average molecular weight is 399 g/mol. The summed E-state index contributed by atoms with van der Waals surface area (Å²) in [5.74, 6) is -0.0670. The van der Waals surface area contributed by atoms with Gasteiger partial charge in [-0.25, -0.2) is 9.78 Å². The molecule has 1 spiro atoms. The van der Waals surface area contributed by atoms with Gasteiger partial charge in [-0.3, -0.25) is 4.79 Å². The smallest absolute Gasteiger partial charge is 0.357 e. The van der Waals surface area contributed by atoms with Crippen molar-refractivity contribution in [3.63, 3.8) is 0 Å². The highest BCUT2D eigenvalue weighted by molar-refractivity contribution is 6.06. The summed E-state index contributed by atoms with van der Waals surface area (Å²) in [5, 5.41) is 12.2. The summed E-state index contributed by atoms with van der Waals surface area (Å²) < 4.78 is 6.41. The SMILES string of the molecule is COC(=O)c1c(N)c(C#N)cn1-c1ccc2c(c1)CC1(C2)C(=O)Nc2ncccc21. The summed E-state index contributed by atoms with van der Waals surface area (Å²) in [5.41, 5.74) is 9.34. The van der Waals surface area contributed by atoms with Gasteiger partial charge in [-0.1, -0.05) is 12.1 Å². The zero-order valence-electron chi connectivity index (χ0n) is 16.1. The number of nitrogens with one attached hydrogen (secondary N) is 1. The molecule has 8 heteroatoms. The van der Waals surface area contributed by atoms with Gasteiger partial charge < -0.3 is 20.4 Å². The third kappa shape index (κ3) is 2.29. The molecule has 1 aliphatic carbocycles. The number of nitrogens with zero attached hydrogens (tertiary/aromatic N) is 3. The van der Waals surface area contributed by atoms with Gasteiger partial charge in [0.25, 0.3) is 0 Å². The van der Waals surface area contributed by atoms with Crippen molar-refractivity contribution in [3.8, 4) is 11.8 Å². The van der Waals surface area contributed by atoms with Crippen LogP contribution in [0.2, 0.25) is 0 Å². The lowest BCUT2D eigenvalue weighted by atomic mass is 9.79. The first-order valence-electron chi connectivity index (χ1n) is 9.37. The van der Waals surface area contributed by atoms with Gasteiger partial charge in [0.2, 0.25) is 5.91 Å². The summed E-state index contributed by atoms with van der Waals surface area (Å²) in [6.07, 6.45) is 4.29. The number of carbonyl (C=O) groups excluding carboxylic acids is 2. The number of hydrogen-bond donors (Lipinski definition) is 2. The fraction of sp³-hybridized carbons (Fsp3) is 0.182. The molecule has 3 aromatic rings. The van der Waals surface area contributed by atoms with Crippen LogP contribution in [0.5, 0.6) is 0 Å². The number of aromatic nitrogens is 2. The highest BCUT2D eigenvalue weighted by Crippen LogP contribution is 2.46. The first-order valence-corrected chi connectivity index (χ1v) is 9.37. The van der Waals surface area contributed by atoms with E-state index in [0.29, 0.717) is 24.3 Å². The molecule has 3 heterocycles. The van der Waals surface area contributed by atoms with Gasteiger partial charge in [0.15, 0.2) is 5.69 Å². The Labute approximate surface area is 171 Å². The Bertz CT molecular complexity index is 1290. The molecule has 1 atom stereocenters. The highest BCUT2D eigenvalue weighted by atomic mass is 16.5. The number of nitrogens with two attached hydrogens (primary N) is 1. The number of pyridine rings is 1. The third-order valence-electron chi connectivity index (χ3n) is 5.99. The number of esters is 1. The van der Waals surface area contributed by atoms with E-state index in [1.165, 1.54) is 13.3 Å². The van der Waals surface area contributed by atoms with Gasteiger partial charge in [-0.15, -0.1) is 0 Å². The molecule has 148 valence electrons. The van der Waals surface area contributed by atoms with Gasteiger partial charge in [-0.05, 0) is 42.2 Å². The van der Waals surface area contributed by atoms with Gasteiger partial charge >= 0.3 is 5.97 Å². The van der Waals surface area contributed by atoms with E-state index >= 15 is 0 Å². The van der Waals surface area contributed by atoms with Crippen LogP contribution in [-0.4, -0.2) is 28.5 Å². The molecular weight excluding hydrogens is 382 g/mol.